The molecule has 0 bridgehead atoms. The van der Waals surface area contributed by atoms with Crippen LogP contribution in [0, 0.1) is 0 Å². The second-order valence-electron chi connectivity index (χ2n) is 4.12. The first-order valence-corrected chi connectivity index (χ1v) is 5.59. The number of amides is 1. The smallest absolute Gasteiger partial charge is 0.254 e. The van der Waals surface area contributed by atoms with Crippen LogP contribution in [-0.4, -0.2) is 28.1 Å². The molecule has 0 unspecified atom stereocenters. The van der Waals surface area contributed by atoms with E-state index in [4.69, 9.17) is 11.6 Å². The summed E-state index contributed by atoms with van der Waals surface area (Å²) in [7, 11) is 0. The van der Waals surface area contributed by atoms with E-state index in [9.17, 15) is 9.90 Å². The molecule has 0 spiro atoms. The fourth-order valence-electron chi connectivity index (χ4n) is 1.65. The summed E-state index contributed by atoms with van der Waals surface area (Å²) in [5, 5.41) is 12.8. The zero-order chi connectivity index (χ0) is 11.6. The van der Waals surface area contributed by atoms with Crippen molar-refractivity contribution < 1.29 is 9.90 Å². The summed E-state index contributed by atoms with van der Waals surface area (Å²) in [6.07, 6.45) is 5.45. The van der Waals surface area contributed by atoms with Gasteiger partial charge in [0, 0.05) is 18.9 Å². The number of aromatic nitrogens is 1. The van der Waals surface area contributed by atoms with Gasteiger partial charge in [0.05, 0.1) is 16.2 Å². The van der Waals surface area contributed by atoms with Crippen molar-refractivity contribution in [1.29, 1.82) is 0 Å². The number of hydrogen-bond acceptors (Lipinski definition) is 3. The third kappa shape index (κ3) is 2.33. The molecular weight excluding hydrogens is 228 g/mol. The number of hydrogen-bond donors (Lipinski definition) is 2. The molecule has 1 fully saturated rings. The van der Waals surface area contributed by atoms with Gasteiger partial charge in [0.25, 0.3) is 5.91 Å². The highest BCUT2D eigenvalue weighted by atomic mass is 35.5. The van der Waals surface area contributed by atoms with E-state index in [1.165, 1.54) is 12.4 Å². The fraction of sp³-hybridized carbons (Fsp3) is 0.455. The molecule has 1 aromatic rings. The van der Waals surface area contributed by atoms with Gasteiger partial charge in [0.2, 0.25) is 0 Å². The maximum Gasteiger partial charge on any atom is 0.254 e. The van der Waals surface area contributed by atoms with Crippen LogP contribution >= 0.6 is 11.6 Å². The van der Waals surface area contributed by atoms with Gasteiger partial charge in [-0.15, -0.1) is 0 Å². The van der Waals surface area contributed by atoms with Gasteiger partial charge >= 0.3 is 0 Å². The predicted molar refractivity (Wildman–Crippen MR) is 60.4 cm³/mol. The van der Waals surface area contributed by atoms with Crippen molar-refractivity contribution >= 4 is 17.5 Å². The summed E-state index contributed by atoms with van der Waals surface area (Å²) in [4.78, 5) is 15.5. The maximum absolute atomic E-state index is 11.7. The Morgan fingerprint density at radius 2 is 2.38 bits per heavy atom. The number of nitrogens with one attached hydrogen (secondary N) is 1. The van der Waals surface area contributed by atoms with Crippen LogP contribution in [-0.2, 0) is 0 Å². The van der Waals surface area contributed by atoms with Crippen molar-refractivity contribution in [1.82, 2.24) is 10.3 Å². The van der Waals surface area contributed by atoms with E-state index in [0.29, 0.717) is 10.6 Å². The van der Waals surface area contributed by atoms with E-state index in [1.54, 1.807) is 6.07 Å². The molecule has 1 aliphatic carbocycles. The molecule has 2 N–H and O–H groups in total. The molecule has 1 amide bonds. The lowest BCUT2D eigenvalue weighted by molar-refractivity contribution is -0.0300. The Kier molecular flexibility index (Phi) is 3.12. The molecular formula is C11H13ClN2O2. The topological polar surface area (TPSA) is 62.2 Å². The second-order valence-corrected chi connectivity index (χ2v) is 4.52. The molecule has 86 valence electrons. The van der Waals surface area contributed by atoms with Crippen LogP contribution in [0.2, 0.25) is 5.02 Å². The van der Waals surface area contributed by atoms with Crippen molar-refractivity contribution in [3.8, 4) is 0 Å². The molecule has 0 radical (unpaired) electrons. The zero-order valence-electron chi connectivity index (χ0n) is 8.74. The first-order valence-electron chi connectivity index (χ1n) is 5.21. The largest absolute Gasteiger partial charge is 0.388 e. The van der Waals surface area contributed by atoms with Gasteiger partial charge < -0.3 is 10.4 Å². The predicted octanol–water partition coefficient (Wildman–Crippen LogP) is 1.38. The molecule has 5 heteroatoms. The number of halogens is 1. The monoisotopic (exact) mass is 240 g/mol. The van der Waals surface area contributed by atoms with Crippen molar-refractivity contribution in [3.63, 3.8) is 0 Å². The Morgan fingerprint density at radius 3 is 2.94 bits per heavy atom. The Morgan fingerprint density at radius 1 is 1.62 bits per heavy atom. The Bertz CT molecular complexity index is 405. The third-order valence-electron chi connectivity index (χ3n) is 2.87. The molecule has 0 aromatic carbocycles. The average molecular weight is 241 g/mol. The van der Waals surface area contributed by atoms with Crippen LogP contribution in [0.3, 0.4) is 0 Å². The van der Waals surface area contributed by atoms with Crippen LogP contribution in [0.5, 0.6) is 0 Å². The molecule has 16 heavy (non-hydrogen) atoms. The van der Waals surface area contributed by atoms with Crippen LogP contribution in [0.15, 0.2) is 18.5 Å². The van der Waals surface area contributed by atoms with E-state index >= 15 is 0 Å². The van der Waals surface area contributed by atoms with Gasteiger partial charge in [-0.1, -0.05) is 11.6 Å². The molecule has 1 aliphatic rings. The van der Waals surface area contributed by atoms with Crippen molar-refractivity contribution in [2.75, 3.05) is 6.54 Å². The molecule has 1 aromatic heterocycles. The van der Waals surface area contributed by atoms with Crippen LogP contribution in [0.4, 0.5) is 0 Å². The summed E-state index contributed by atoms with van der Waals surface area (Å²) >= 11 is 5.85. The second kappa shape index (κ2) is 4.39. The number of carbonyl (C=O) groups excluding carboxylic acids is 1. The lowest BCUT2D eigenvalue weighted by Gasteiger charge is -2.36. The van der Waals surface area contributed by atoms with E-state index < -0.39 is 5.60 Å². The van der Waals surface area contributed by atoms with Gasteiger partial charge in [-0.25, -0.2) is 0 Å². The van der Waals surface area contributed by atoms with E-state index in [1.807, 2.05) is 0 Å². The molecule has 1 saturated carbocycles. The van der Waals surface area contributed by atoms with Gasteiger partial charge in [0.1, 0.15) is 0 Å². The fourth-order valence-corrected chi connectivity index (χ4v) is 1.84. The summed E-state index contributed by atoms with van der Waals surface area (Å²) < 4.78 is 0. The van der Waals surface area contributed by atoms with Crippen molar-refractivity contribution in [2.45, 2.75) is 24.9 Å². The molecule has 4 nitrogen and oxygen atoms in total. The van der Waals surface area contributed by atoms with Crippen molar-refractivity contribution in [2.24, 2.45) is 0 Å². The van der Waals surface area contributed by atoms with Gasteiger partial charge in [-0.2, -0.15) is 0 Å². The highest BCUT2D eigenvalue weighted by molar-refractivity contribution is 6.33. The molecule has 0 saturated heterocycles. The third-order valence-corrected chi connectivity index (χ3v) is 3.20. The van der Waals surface area contributed by atoms with Crippen LogP contribution in [0.1, 0.15) is 29.6 Å². The number of pyridine rings is 1. The maximum atomic E-state index is 11.7. The average Bonchev–Trinajstić information content (AvgIpc) is 2.24. The molecule has 0 atom stereocenters. The van der Waals surface area contributed by atoms with E-state index in [2.05, 4.69) is 10.3 Å². The minimum absolute atomic E-state index is 0.275. The summed E-state index contributed by atoms with van der Waals surface area (Å²) in [6, 6.07) is 1.56. The minimum atomic E-state index is -0.718. The minimum Gasteiger partial charge on any atom is -0.388 e. The Balaban J connectivity index is 1.96. The molecule has 0 aliphatic heterocycles. The highest BCUT2D eigenvalue weighted by Crippen LogP contribution is 2.30. The number of rotatable bonds is 3. The lowest BCUT2D eigenvalue weighted by Crippen LogP contribution is -2.47. The molecule has 1 heterocycles. The normalized spacial score (nSPS) is 17.6. The standard InChI is InChI=1S/C11H13ClN2O2/c12-9-2-5-13-6-8(9)10(15)14-7-11(16)3-1-4-11/h2,5-6,16H,1,3-4,7H2,(H,14,15). The Labute approximate surface area is 98.6 Å². The number of nitrogens with zero attached hydrogens (tertiary/aromatic N) is 1. The Hall–Kier alpha value is -1.13. The van der Waals surface area contributed by atoms with Crippen LogP contribution < -0.4 is 5.32 Å². The highest BCUT2D eigenvalue weighted by Gasteiger charge is 2.34. The first kappa shape index (κ1) is 11.4. The van der Waals surface area contributed by atoms with E-state index in [0.717, 1.165) is 19.3 Å². The first-order chi connectivity index (χ1) is 7.61. The summed E-state index contributed by atoms with van der Waals surface area (Å²) in [6.45, 7) is 0.275. The quantitative estimate of drug-likeness (QED) is 0.839. The van der Waals surface area contributed by atoms with Gasteiger partial charge in [-0.05, 0) is 25.3 Å². The summed E-state index contributed by atoms with van der Waals surface area (Å²) in [5.41, 5.74) is -0.378. The number of carbonyl (C=O) groups is 1. The van der Waals surface area contributed by atoms with Gasteiger partial charge in [-0.3, -0.25) is 9.78 Å². The van der Waals surface area contributed by atoms with E-state index in [-0.39, 0.29) is 12.5 Å². The van der Waals surface area contributed by atoms with Crippen LogP contribution in [0.25, 0.3) is 0 Å². The lowest BCUT2D eigenvalue weighted by atomic mass is 9.80. The zero-order valence-corrected chi connectivity index (χ0v) is 9.50. The SMILES string of the molecule is O=C(NCC1(O)CCC1)c1cnccc1Cl. The van der Waals surface area contributed by atoms with Gasteiger partial charge in [0.15, 0.2) is 0 Å². The summed E-state index contributed by atoms with van der Waals surface area (Å²) in [5.74, 6) is -0.293. The number of aliphatic hydroxyl groups is 1. The van der Waals surface area contributed by atoms with Crippen molar-refractivity contribution in [3.05, 3.63) is 29.0 Å². The molecule has 2 rings (SSSR count).